The van der Waals surface area contributed by atoms with Gasteiger partial charge in [0.1, 0.15) is 0 Å². The molecule has 1 aliphatic rings. The highest BCUT2D eigenvalue weighted by atomic mass is 19.4. The van der Waals surface area contributed by atoms with Crippen molar-refractivity contribution >= 4 is 0 Å². The summed E-state index contributed by atoms with van der Waals surface area (Å²) in [5, 5.41) is 0. The fourth-order valence-electron chi connectivity index (χ4n) is 2.99. The monoisotopic (exact) mass is 251 g/mol. The van der Waals surface area contributed by atoms with Gasteiger partial charge >= 0.3 is 6.18 Å². The van der Waals surface area contributed by atoms with Crippen LogP contribution in [0.1, 0.15) is 52.4 Å². The third kappa shape index (κ3) is 4.16. The van der Waals surface area contributed by atoms with Crippen LogP contribution in [0.2, 0.25) is 0 Å². The molecule has 4 atom stereocenters. The van der Waals surface area contributed by atoms with Gasteiger partial charge in [0, 0.05) is 6.04 Å². The van der Waals surface area contributed by atoms with Crippen molar-refractivity contribution in [2.75, 3.05) is 0 Å². The lowest BCUT2D eigenvalue weighted by Gasteiger charge is -2.36. The molecule has 102 valence electrons. The molecule has 1 nitrogen and oxygen atoms in total. The number of nitrogens with two attached hydrogens (primary N) is 1. The Morgan fingerprint density at radius 3 is 2.47 bits per heavy atom. The zero-order chi connectivity index (χ0) is 13.1. The van der Waals surface area contributed by atoms with E-state index in [9.17, 15) is 13.2 Å². The second-order valence-electron chi connectivity index (χ2n) is 5.51. The summed E-state index contributed by atoms with van der Waals surface area (Å²) in [7, 11) is 0. The number of hydrogen-bond acceptors (Lipinski definition) is 1. The standard InChI is InChI=1S/C13H24F3N/c1-3-5-9(2)12(17)10-6-4-7-11(8-10)13(14,15)16/h9-12H,3-8,17H2,1-2H3. The molecule has 0 bridgehead atoms. The van der Waals surface area contributed by atoms with Gasteiger partial charge in [-0.1, -0.05) is 26.7 Å². The molecule has 1 rings (SSSR count). The van der Waals surface area contributed by atoms with Crippen molar-refractivity contribution in [3.05, 3.63) is 0 Å². The zero-order valence-electron chi connectivity index (χ0n) is 10.8. The second kappa shape index (κ2) is 6.07. The first-order valence-electron chi connectivity index (χ1n) is 6.68. The van der Waals surface area contributed by atoms with Crippen LogP contribution in [0.25, 0.3) is 0 Å². The van der Waals surface area contributed by atoms with E-state index in [1.54, 1.807) is 0 Å². The fourth-order valence-corrected chi connectivity index (χ4v) is 2.99. The minimum atomic E-state index is -4.04. The Hall–Kier alpha value is -0.250. The molecule has 2 N–H and O–H groups in total. The fraction of sp³-hybridized carbons (Fsp3) is 1.00. The molecule has 0 saturated heterocycles. The molecule has 4 heteroatoms. The van der Waals surface area contributed by atoms with Gasteiger partial charge in [-0.25, -0.2) is 0 Å². The molecule has 17 heavy (non-hydrogen) atoms. The second-order valence-corrected chi connectivity index (χ2v) is 5.51. The van der Waals surface area contributed by atoms with E-state index in [0.29, 0.717) is 12.3 Å². The summed E-state index contributed by atoms with van der Waals surface area (Å²) in [6.07, 6.45) is 0.0712. The van der Waals surface area contributed by atoms with Crippen LogP contribution in [0.4, 0.5) is 13.2 Å². The highest BCUT2D eigenvalue weighted by molar-refractivity contribution is 4.85. The van der Waals surface area contributed by atoms with Gasteiger partial charge in [-0.05, 0) is 37.5 Å². The van der Waals surface area contributed by atoms with E-state index in [0.717, 1.165) is 19.3 Å². The Kier molecular flexibility index (Phi) is 5.29. The molecule has 1 saturated carbocycles. The minimum Gasteiger partial charge on any atom is -0.327 e. The Morgan fingerprint density at radius 2 is 1.94 bits per heavy atom. The first-order chi connectivity index (χ1) is 7.86. The van der Waals surface area contributed by atoms with Gasteiger partial charge in [-0.15, -0.1) is 0 Å². The van der Waals surface area contributed by atoms with Crippen LogP contribution in [0.5, 0.6) is 0 Å². The van der Waals surface area contributed by atoms with Crippen molar-refractivity contribution in [1.29, 1.82) is 0 Å². The Labute approximate surface area is 102 Å². The maximum Gasteiger partial charge on any atom is 0.391 e. The van der Waals surface area contributed by atoms with Gasteiger partial charge < -0.3 is 5.73 Å². The normalized spacial score (nSPS) is 30.0. The highest BCUT2D eigenvalue weighted by Gasteiger charge is 2.43. The molecule has 0 aromatic carbocycles. The van der Waals surface area contributed by atoms with E-state index in [1.807, 2.05) is 0 Å². The van der Waals surface area contributed by atoms with Gasteiger partial charge in [0.05, 0.1) is 5.92 Å². The molecule has 1 aliphatic carbocycles. The van der Waals surface area contributed by atoms with Crippen LogP contribution in [-0.2, 0) is 0 Å². The van der Waals surface area contributed by atoms with E-state index >= 15 is 0 Å². The molecule has 0 radical (unpaired) electrons. The average Bonchev–Trinajstić information content (AvgIpc) is 2.27. The number of alkyl halides is 3. The predicted octanol–water partition coefficient (Wildman–Crippen LogP) is 4.12. The molecule has 4 unspecified atom stereocenters. The van der Waals surface area contributed by atoms with Crippen molar-refractivity contribution in [2.24, 2.45) is 23.5 Å². The summed E-state index contributed by atoms with van der Waals surface area (Å²) in [4.78, 5) is 0. The summed E-state index contributed by atoms with van der Waals surface area (Å²) < 4.78 is 38.1. The summed E-state index contributed by atoms with van der Waals surface area (Å²) in [5.41, 5.74) is 6.12. The lowest BCUT2D eigenvalue weighted by atomic mass is 9.74. The molecule has 0 spiro atoms. The quantitative estimate of drug-likeness (QED) is 0.799. The van der Waals surface area contributed by atoms with Crippen LogP contribution in [0, 0.1) is 17.8 Å². The van der Waals surface area contributed by atoms with Gasteiger partial charge in [0.25, 0.3) is 0 Å². The van der Waals surface area contributed by atoms with E-state index in [2.05, 4.69) is 13.8 Å². The zero-order valence-corrected chi connectivity index (χ0v) is 10.8. The van der Waals surface area contributed by atoms with Crippen molar-refractivity contribution in [3.63, 3.8) is 0 Å². The smallest absolute Gasteiger partial charge is 0.327 e. The molecular formula is C13H24F3N. The first kappa shape index (κ1) is 14.8. The van der Waals surface area contributed by atoms with Crippen molar-refractivity contribution in [1.82, 2.24) is 0 Å². The summed E-state index contributed by atoms with van der Waals surface area (Å²) in [6.45, 7) is 4.15. The first-order valence-corrected chi connectivity index (χ1v) is 6.68. The maximum absolute atomic E-state index is 12.7. The van der Waals surface area contributed by atoms with Crippen LogP contribution in [0.3, 0.4) is 0 Å². The van der Waals surface area contributed by atoms with Crippen LogP contribution in [-0.4, -0.2) is 12.2 Å². The molecule has 0 aliphatic heterocycles. The molecular weight excluding hydrogens is 227 g/mol. The number of halogens is 3. The highest BCUT2D eigenvalue weighted by Crippen LogP contribution is 2.41. The van der Waals surface area contributed by atoms with Crippen LogP contribution < -0.4 is 5.73 Å². The Balaban J connectivity index is 2.54. The third-order valence-corrected chi connectivity index (χ3v) is 4.12. The van der Waals surface area contributed by atoms with E-state index < -0.39 is 12.1 Å². The van der Waals surface area contributed by atoms with Crippen molar-refractivity contribution in [2.45, 2.75) is 64.6 Å². The van der Waals surface area contributed by atoms with Gasteiger partial charge in [-0.3, -0.25) is 0 Å². The van der Waals surface area contributed by atoms with Gasteiger partial charge in [-0.2, -0.15) is 13.2 Å². The molecule has 0 aromatic heterocycles. The van der Waals surface area contributed by atoms with Crippen molar-refractivity contribution < 1.29 is 13.2 Å². The molecule has 0 aromatic rings. The molecule has 1 fully saturated rings. The lowest BCUT2D eigenvalue weighted by Crippen LogP contribution is -2.41. The summed E-state index contributed by atoms with van der Waals surface area (Å²) in [6, 6.07) is -0.0694. The Bertz CT molecular complexity index is 227. The number of hydrogen-bond donors (Lipinski definition) is 1. The summed E-state index contributed by atoms with van der Waals surface area (Å²) >= 11 is 0. The van der Waals surface area contributed by atoms with E-state index in [-0.39, 0.29) is 24.8 Å². The van der Waals surface area contributed by atoms with Gasteiger partial charge in [0.2, 0.25) is 0 Å². The SMILES string of the molecule is CCCC(C)C(N)C1CCCC(C(F)(F)F)C1. The average molecular weight is 251 g/mol. The molecule has 0 amide bonds. The topological polar surface area (TPSA) is 26.0 Å². The third-order valence-electron chi connectivity index (χ3n) is 4.12. The van der Waals surface area contributed by atoms with E-state index in [1.165, 1.54) is 0 Å². The molecule has 0 heterocycles. The summed E-state index contributed by atoms with van der Waals surface area (Å²) in [5.74, 6) is -0.741. The Morgan fingerprint density at radius 1 is 1.29 bits per heavy atom. The maximum atomic E-state index is 12.7. The predicted molar refractivity (Wildman–Crippen MR) is 63.6 cm³/mol. The van der Waals surface area contributed by atoms with Gasteiger partial charge in [0.15, 0.2) is 0 Å². The minimum absolute atomic E-state index is 0.0527. The number of rotatable bonds is 4. The largest absolute Gasteiger partial charge is 0.391 e. The van der Waals surface area contributed by atoms with Crippen LogP contribution >= 0.6 is 0 Å². The van der Waals surface area contributed by atoms with E-state index in [4.69, 9.17) is 5.73 Å². The van der Waals surface area contributed by atoms with Crippen molar-refractivity contribution in [3.8, 4) is 0 Å². The lowest BCUT2D eigenvalue weighted by molar-refractivity contribution is -0.186. The van der Waals surface area contributed by atoms with Crippen LogP contribution in [0.15, 0.2) is 0 Å².